The minimum Gasteiger partial charge on any atom is -0.299 e. The molecule has 120 valence electrons. The lowest BCUT2D eigenvalue weighted by Crippen LogP contribution is -2.20. The molecular weight excluding hydrogens is 280 g/mol. The van der Waals surface area contributed by atoms with Crippen LogP contribution in [-0.2, 0) is 4.79 Å². The van der Waals surface area contributed by atoms with E-state index in [0.29, 0.717) is 24.0 Å². The highest BCUT2D eigenvalue weighted by atomic mass is 16.1. The van der Waals surface area contributed by atoms with Crippen LogP contribution in [0, 0.1) is 12.8 Å². The Morgan fingerprint density at radius 3 is 1.91 bits per heavy atom. The van der Waals surface area contributed by atoms with Gasteiger partial charge < -0.3 is 0 Å². The van der Waals surface area contributed by atoms with E-state index in [4.69, 9.17) is 0 Å². The Labute approximate surface area is 139 Å². The lowest BCUT2D eigenvalue weighted by Gasteiger charge is -2.28. The minimum absolute atomic E-state index is 0.322. The number of Topliss-reactive ketones (excluding diaryl/α,β-unsaturated/α-hetero) is 1. The van der Waals surface area contributed by atoms with Crippen molar-refractivity contribution in [3.63, 3.8) is 0 Å². The first-order valence-electron chi connectivity index (χ1n) is 8.87. The highest BCUT2D eigenvalue weighted by Crippen LogP contribution is 2.37. The van der Waals surface area contributed by atoms with Crippen molar-refractivity contribution in [1.82, 2.24) is 0 Å². The molecule has 1 saturated carbocycles. The zero-order valence-electron chi connectivity index (χ0n) is 14.2. The van der Waals surface area contributed by atoms with Gasteiger partial charge in [-0.15, -0.1) is 0 Å². The molecule has 0 radical (unpaired) electrons. The second-order valence-electron chi connectivity index (χ2n) is 6.86. The number of aryl methyl sites for hydroxylation is 1. The van der Waals surface area contributed by atoms with Crippen molar-refractivity contribution in [2.75, 3.05) is 0 Å². The fraction of sp³-hybridized carbons (Fsp3) is 0.409. The molecule has 3 rings (SSSR count). The van der Waals surface area contributed by atoms with E-state index in [0.717, 1.165) is 25.7 Å². The molecular formula is C22H26O. The van der Waals surface area contributed by atoms with Gasteiger partial charge in [-0.1, -0.05) is 61.0 Å². The molecule has 0 spiro atoms. The normalized spacial score (nSPS) is 21.1. The molecule has 1 aliphatic carbocycles. The molecule has 0 aliphatic heterocycles. The summed E-state index contributed by atoms with van der Waals surface area (Å²) in [7, 11) is 0. The summed E-state index contributed by atoms with van der Waals surface area (Å²) in [5, 5.41) is 0. The zero-order chi connectivity index (χ0) is 16.2. The molecule has 2 aromatic rings. The molecule has 1 heteroatoms. The molecule has 1 aliphatic rings. The summed E-state index contributed by atoms with van der Waals surface area (Å²) >= 11 is 0. The highest BCUT2D eigenvalue weighted by molar-refractivity contribution is 5.80. The summed E-state index contributed by atoms with van der Waals surface area (Å²) in [4.78, 5) is 11.8. The molecule has 0 saturated heterocycles. The summed E-state index contributed by atoms with van der Waals surface area (Å²) in [5.41, 5.74) is 5.29. The number of carbonyl (C=O) groups is 1. The maximum absolute atomic E-state index is 11.8. The van der Waals surface area contributed by atoms with Crippen LogP contribution in [0.5, 0.6) is 0 Å². The maximum atomic E-state index is 11.8. The van der Waals surface area contributed by atoms with Crippen LogP contribution in [0.4, 0.5) is 0 Å². The molecule has 2 aromatic carbocycles. The van der Waals surface area contributed by atoms with Crippen LogP contribution in [0.3, 0.4) is 0 Å². The van der Waals surface area contributed by atoms with Gasteiger partial charge in [0.05, 0.1) is 0 Å². The Morgan fingerprint density at radius 2 is 1.39 bits per heavy atom. The first kappa shape index (κ1) is 16.0. The predicted molar refractivity (Wildman–Crippen MR) is 96.6 cm³/mol. The van der Waals surface area contributed by atoms with E-state index in [9.17, 15) is 4.79 Å². The molecule has 0 N–H and O–H groups in total. The standard InChI is InChI=1S/C22H26O/c1-3-22(23)21-14-12-20(13-15-21)19-10-8-18(9-11-19)17-6-4-16(2)5-7-17/h4-11,20-21H,3,12-15H2,1-2H3. The first-order valence-corrected chi connectivity index (χ1v) is 8.87. The molecule has 0 amide bonds. The number of hydrogen-bond donors (Lipinski definition) is 0. The Morgan fingerprint density at radius 1 is 0.870 bits per heavy atom. The highest BCUT2D eigenvalue weighted by Gasteiger charge is 2.25. The summed E-state index contributed by atoms with van der Waals surface area (Å²) in [6, 6.07) is 17.7. The summed E-state index contributed by atoms with van der Waals surface area (Å²) in [5.74, 6) is 1.41. The van der Waals surface area contributed by atoms with Crippen LogP contribution < -0.4 is 0 Å². The van der Waals surface area contributed by atoms with Crippen LogP contribution in [0.25, 0.3) is 11.1 Å². The van der Waals surface area contributed by atoms with Crippen LogP contribution in [0.1, 0.15) is 56.1 Å². The van der Waals surface area contributed by atoms with Crippen LogP contribution in [0.15, 0.2) is 48.5 Å². The van der Waals surface area contributed by atoms with Crippen molar-refractivity contribution in [2.45, 2.75) is 51.9 Å². The summed E-state index contributed by atoms with van der Waals surface area (Å²) in [6.07, 6.45) is 5.13. The van der Waals surface area contributed by atoms with Gasteiger partial charge in [0, 0.05) is 12.3 Å². The van der Waals surface area contributed by atoms with Crippen LogP contribution in [-0.4, -0.2) is 5.78 Å². The van der Waals surface area contributed by atoms with E-state index in [2.05, 4.69) is 55.5 Å². The smallest absolute Gasteiger partial charge is 0.135 e. The molecule has 1 fully saturated rings. The molecule has 0 heterocycles. The average Bonchev–Trinajstić information content (AvgIpc) is 2.62. The Balaban J connectivity index is 1.66. The van der Waals surface area contributed by atoms with E-state index in [-0.39, 0.29) is 0 Å². The fourth-order valence-electron chi connectivity index (χ4n) is 3.73. The van der Waals surface area contributed by atoms with Crippen molar-refractivity contribution in [3.8, 4) is 11.1 Å². The number of ketones is 1. The topological polar surface area (TPSA) is 17.1 Å². The number of hydrogen-bond acceptors (Lipinski definition) is 1. The molecule has 0 unspecified atom stereocenters. The first-order chi connectivity index (χ1) is 11.2. The van der Waals surface area contributed by atoms with Crippen molar-refractivity contribution in [1.29, 1.82) is 0 Å². The molecule has 1 nitrogen and oxygen atoms in total. The van der Waals surface area contributed by atoms with Crippen LogP contribution >= 0.6 is 0 Å². The lowest BCUT2D eigenvalue weighted by molar-refractivity contribution is -0.123. The second-order valence-corrected chi connectivity index (χ2v) is 6.86. The third kappa shape index (κ3) is 3.72. The van der Waals surface area contributed by atoms with Gasteiger partial charge in [0.25, 0.3) is 0 Å². The van der Waals surface area contributed by atoms with Gasteiger partial charge >= 0.3 is 0 Å². The van der Waals surface area contributed by atoms with Crippen LogP contribution in [0.2, 0.25) is 0 Å². The summed E-state index contributed by atoms with van der Waals surface area (Å²) in [6.45, 7) is 4.10. The third-order valence-corrected chi connectivity index (χ3v) is 5.30. The Kier molecular flexibility index (Phi) is 4.95. The van der Waals surface area contributed by atoms with Crippen molar-refractivity contribution >= 4 is 5.78 Å². The molecule has 0 atom stereocenters. The van der Waals surface area contributed by atoms with E-state index >= 15 is 0 Å². The van der Waals surface area contributed by atoms with E-state index < -0.39 is 0 Å². The Bertz CT molecular complexity index is 643. The number of carbonyl (C=O) groups excluding carboxylic acids is 1. The van der Waals surface area contributed by atoms with Gasteiger partial charge in [-0.25, -0.2) is 0 Å². The maximum Gasteiger partial charge on any atom is 0.135 e. The quantitative estimate of drug-likeness (QED) is 0.685. The second kappa shape index (κ2) is 7.12. The molecule has 0 aromatic heterocycles. The van der Waals surface area contributed by atoms with Crippen molar-refractivity contribution in [3.05, 3.63) is 59.7 Å². The largest absolute Gasteiger partial charge is 0.299 e. The van der Waals surface area contributed by atoms with Gasteiger partial charge in [-0.05, 0) is 55.2 Å². The summed E-state index contributed by atoms with van der Waals surface area (Å²) < 4.78 is 0. The van der Waals surface area contributed by atoms with Gasteiger partial charge in [0.15, 0.2) is 0 Å². The zero-order valence-corrected chi connectivity index (χ0v) is 14.2. The average molecular weight is 306 g/mol. The SMILES string of the molecule is CCC(=O)C1CCC(c2ccc(-c3ccc(C)cc3)cc2)CC1. The third-order valence-electron chi connectivity index (χ3n) is 5.30. The number of benzene rings is 2. The molecule has 23 heavy (non-hydrogen) atoms. The van der Waals surface area contributed by atoms with E-state index in [1.54, 1.807) is 0 Å². The number of rotatable bonds is 4. The predicted octanol–water partition coefficient (Wildman–Crippen LogP) is 5.91. The minimum atomic E-state index is 0.322. The fourth-order valence-corrected chi connectivity index (χ4v) is 3.73. The lowest BCUT2D eigenvalue weighted by atomic mass is 9.76. The van der Waals surface area contributed by atoms with Crippen molar-refractivity contribution < 1.29 is 4.79 Å². The molecule has 0 bridgehead atoms. The van der Waals surface area contributed by atoms with Gasteiger partial charge in [-0.2, -0.15) is 0 Å². The van der Waals surface area contributed by atoms with Gasteiger partial charge in [0.1, 0.15) is 5.78 Å². The van der Waals surface area contributed by atoms with Crippen molar-refractivity contribution in [2.24, 2.45) is 5.92 Å². The Hall–Kier alpha value is -1.89. The monoisotopic (exact) mass is 306 g/mol. The van der Waals surface area contributed by atoms with E-state index in [1.807, 2.05) is 6.92 Å². The van der Waals surface area contributed by atoms with Gasteiger partial charge in [-0.3, -0.25) is 4.79 Å². The van der Waals surface area contributed by atoms with E-state index in [1.165, 1.54) is 22.3 Å². The van der Waals surface area contributed by atoms with Gasteiger partial charge in [0.2, 0.25) is 0 Å².